The van der Waals surface area contributed by atoms with Gasteiger partial charge < -0.3 is 10.3 Å². The highest BCUT2D eigenvalue weighted by atomic mass is 32.1. The highest BCUT2D eigenvalue weighted by Gasteiger charge is 2.16. The number of H-pyrrole nitrogens is 1. The molecule has 3 aromatic rings. The minimum Gasteiger partial charge on any atom is -0.378 e. The van der Waals surface area contributed by atoms with Gasteiger partial charge in [-0.2, -0.15) is 0 Å². The first-order valence-electron chi connectivity index (χ1n) is 9.21. The summed E-state index contributed by atoms with van der Waals surface area (Å²) in [4.78, 5) is 22.4. The molecular weight excluding hydrogens is 342 g/mol. The molecule has 0 spiro atoms. The SMILES string of the molecule is CC[C@H](C)Cc1c(C)sc2nc(CNc3ccc(C)c(C)c3)[nH]c(=O)c12. The maximum absolute atomic E-state index is 12.7. The van der Waals surface area contributed by atoms with Gasteiger partial charge in [-0.05, 0) is 61.9 Å². The number of anilines is 1. The molecule has 26 heavy (non-hydrogen) atoms. The Hall–Kier alpha value is -2.14. The number of nitrogens with one attached hydrogen (secondary N) is 2. The van der Waals surface area contributed by atoms with E-state index < -0.39 is 0 Å². The van der Waals surface area contributed by atoms with Crippen LogP contribution in [0.15, 0.2) is 23.0 Å². The molecule has 4 nitrogen and oxygen atoms in total. The van der Waals surface area contributed by atoms with Crippen LogP contribution in [0.3, 0.4) is 0 Å². The van der Waals surface area contributed by atoms with Crippen LogP contribution in [0, 0.1) is 26.7 Å². The van der Waals surface area contributed by atoms with Crippen LogP contribution in [0.5, 0.6) is 0 Å². The fourth-order valence-electron chi connectivity index (χ4n) is 3.08. The second-order valence-electron chi connectivity index (χ2n) is 7.20. The lowest BCUT2D eigenvalue weighted by molar-refractivity contribution is 0.561. The second kappa shape index (κ2) is 7.62. The van der Waals surface area contributed by atoms with E-state index in [1.54, 1.807) is 11.3 Å². The van der Waals surface area contributed by atoms with Crippen molar-refractivity contribution >= 4 is 27.2 Å². The number of benzene rings is 1. The molecule has 1 aromatic carbocycles. The molecule has 0 amide bonds. The van der Waals surface area contributed by atoms with Crippen LogP contribution in [0.1, 0.15) is 47.7 Å². The average molecular weight is 370 g/mol. The Morgan fingerprint density at radius 3 is 2.69 bits per heavy atom. The van der Waals surface area contributed by atoms with Gasteiger partial charge in [-0.3, -0.25) is 4.79 Å². The zero-order chi connectivity index (χ0) is 18.8. The number of rotatable bonds is 6. The molecule has 0 aliphatic rings. The quantitative estimate of drug-likeness (QED) is 0.635. The summed E-state index contributed by atoms with van der Waals surface area (Å²) in [7, 11) is 0. The normalized spacial score (nSPS) is 12.5. The summed E-state index contributed by atoms with van der Waals surface area (Å²) in [5.74, 6) is 1.24. The summed E-state index contributed by atoms with van der Waals surface area (Å²) < 4.78 is 0. The molecule has 0 bridgehead atoms. The number of hydrogen-bond donors (Lipinski definition) is 2. The van der Waals surface area contributed by atoms with Crippen molar-refractivity contribution in [1.29, 1.82) is 0 Å². The molecule has 3 rings (SSSR count). The van der Waals surface area contributed by atoms with Crippen molar-refractivity contribution in [3.05, 3.63) is 55.9 Å². The second-order valence-corrected chi connectivity index (χ2v) is 8.40. The van der Waals surface area contributed by atoms with Gasteiger partial charge in [-0.1, -0.05) is 26.3 Å². The maximum Gasteiger partial charge on any atom is 0.259 e. The van der Waals surface area contributed by atoms with Crippen LogP contribution in [0.2, 0.25) is 0 Å². The summed E-state index contributed by atoms with van der Waals surface area (Å²) in [6, 6.07) is 6.27. The zero-order valence-corrected chi connectivity index (χ0v) is 17.0. The summed E-state index contributed by atoms with van der Waals surface area (Å²) in [6.45, 7) is 11.2. The van der Waals surface area contributed by atoms with E-state index >= 15 is 0 Å². The van der Waals surface area contributed by atoms with Crippen molar-refractivity contribution in [3.63, 3.8) is 0 Å². The fraction of sp³-hybridized carbons (Fsp3) is 0.429. The van der Waals surface area contributed by atoms with E-state index in [1.807, 2.05) is 0 Å². The van der Waals surface area contributed by atoms with Gasteiger partial charge in [-0.15, -0.1) is 11.3 Å². The predicted octanol–water partition coefficient (Wildman–Crippen LogP) is 5.11. The lowest BCUT2D eigenvalue weighted by atomic mass is 9.98. The van der Waals surface area contributed by atoms with Gasteiger partial charge in [0.2, 0.25) is 0 Å². The van der Waals surface area contributed by atoms with E-state index in [0.717, 1.165) is 28.7 Å². The van der Waals surface area contributed by atoms with E-state index in [4.69, 9.17) is 4.98 Å². The third kappa shape index (κ3) is 3.83. The van der Waals surface area contributed by atoms with Gasteiger partial charge in [-0.25, -0.2) is 4.98 Å². The van der Waals surface area contributed by atoms with Crippen molar-refractivity contribution in [1.82, 2.24) is 9.97 Å². The van der Waals surface area contributed by atoms with Crippen molar-refractivity contribution in [2.45, 2.75) is 54.0 Å². The first kappa shape index (κ1) is 18.6. The molecule has 0 aliphatic carbocycles. The van der Waals surface area contributed by atoms with E-state index in [9.17, 15) is 4.79 Å². The van der Waals surface area contributed by atoms with E-state index in [1.165, 1.54) is 21.6 Å². The summed E-state index contributed by atoms with van der Waals surface area (Å²) >= 11 is 1.63. The van der Waals surface area contributed by atoms with Crippen LogP contribution < -0.4 is 10.9 Å². The smallest absolute Gasteiger partial charge is 0.259 e. The van der Waals surface area contributed by atoms with Gasteiger partial charge in [0, 0.05) is 10.6 Å². The number of aryl methyl sites for hydroxylation is 3. The molecule has 0 unspecified atom stereocenters. The monoisotopic (exact) mass is 369 g/mol. The third-order valence-corrected chi connectivity index (χ3v) is 6.17. The molecular formula is C21H27N3OS. The number of aromatic amines is 1. The molecule has 0 fully saturated rings. The number of aromatic nitrogens is 2. The van der Waals surface area contributed by atoms with E-state index in [2.05, 4.69) is 63.1 Å². The molecule has 2 N–H and O–H groups in total. The van der Waals surface area contributed by atoms with Gasteiger partial charge in [0.1, 0.15) is 10.7 Å². The first-order chi connectivity index (χ1) is 12.4. The Labute approximate surface area is 158 Å². The molecule has 0 radical (unpaired) electrons. The summed E-state index contributed by atoms with van der Waals surface area (Å²) in [5, 5.41) is 4.14. The van der Waals surface area contributed by atoms with Gasteiger partial charge in [0.25, 0.3) is 5.56 Å². The molecule has 138 valence electrons. The number of nitrogens with zero attached hydrogens (tertiary/aromatic N) is 1. The van der Waals surface area contributed by atoms with Crippen molar-refractivity contribution in [3.8, 4) is 0 Å². The van der Waals surface area contributed by atoms with Crippen LogP contribution in [-0.2, 0) is 13.0 Å². The van der Waals surface area contributed by atoms with E-state index in [-0.39, 0.29) is 5.56 Å². The largest absolute Gasteiger partial charge is 0.378 e. The van der Waals surface area contributed by atoms with Crippen molar-refractivity contribution in [2.75, 3.05) is 5.32 Å². The summed E-state index contributed by atoms with van der Waals surface area (Å²) in [6.07, 6.45) is 2.05. The van der Waals surface area contributed by atoms with Crippen molar-refractivity contribution < 1.29 is 0 Å². The van der Waals surface area contributed by atoms with Crippen LogP contribution in [0.25, 0.3) is 10.2 Å². The molecule has 2 heterocycles. The Morgan fingerprint density at radius 1 is 1.23 bits per heavy atom. The zero-order valence-electron chi connectivity index (χ0n) is 16.2. The molecule has 5 heteroatoms. The Kier molecular flexibility index (Phi) is 5.47. The fourth-order valence-corrected chi connectivity index (χ4v) is 4.15. The highest BCUT2D eigenvalue weighted by Crippen LogP contribution is 2.29. The highest BCUT2D eigenvalue weighted by molar-refractivity contribution is 7.18. The lowest BCUT2D eigenvalue weighted by Gasteiger charge is -2.09. The number of thiophene rings is 1. The molecule has 2 aromatic heterocycles. The van der Waals surface area contributed by atoms with Crippen LogP contribution in [-0.4, -0.2) is 9.97 Å². The standard InChI is InChI=1S/C21H27N3OS/c1-6-12(2)9-17-15(5)26-21-19(17)20(25)23-18(24-21)11-22-16-8-7-13(3)14(4)10-16/h7-8,10,12,22H,6,9,11H2,1-5H3,(H,23,24,25)/t12-/m0/s1. The number of fused-ring (bicyclic) bond motifs is 1. The molecule has 0 aliphatic heterocycles. The number of hydrogen-bond acceptors (Lipinski definition) is 4. The Balaban J connectivity index is 1.87. The van der Waals surface area contributed by atoms with Gasteiger partial charge >= 0.3 is 0 Å². The van der Waals surface area contributed by atoms with Crippen LogP contribution >= 0.6 is 11.3 Å². The maximum atomic E-state index is 12.7. The van der Waals surface area contributed by atoms with Crippen molar-refractivity contribution in [2.24, 2.45) is 5.92 Å². The van der Waals surface area contributed by atoms with E-state index in [0.29, 0.717) is 18.3 Å². The molecule has 0 saturated heterocycles. The third-order valence-electron chi connectivity index (χ3n) is 5.13. The minimum atomic E-state index is -0.0189. The molecule has 1 atom stereocenters. The lowest BCUT2D eigenvalue weighted by Crippen LogP contribution is -2.15. The summed E-state index contributed by atoms with van der Waals surface area (Å²) in [5.41, 5.74) is 4.70. The minimum absolute atomic E-state index is 0.0189. The van der Waals surface area contributed by atoms with Gasteiger partial charge in [0.15, 0.2) is 0 Å². The molecule has 0 saturated carbocycles. The first-order valence-corrected chi connectivity index (χ1v) is 10.0. The average Bonchev–Trinajstić information content (AvgIpc) is 2.91. The Morgan fingerprint density at radius 2 is 2.00 bits per heavy atom. The topological polar surface area (TPSA) is 57.8 Å². The van der Waals surface area contributed by atoms with Crippen LogP contribution in [0.4, 0.5) is 5.69 Å². The predicted molar refractivity (Wildman–Crippen MR) is 111 cm³/mol. The Bertz CT molecular complexity index is 987. The van der Waals surface area contributed by atoms with Gasteiger partial charge in [0.05, 0.1) is 11.9 Å².